The van der Waals surface area contributed by atoms with Gasteiger partial charge in [0.15, 0.2) is 12.0 Å². The Morgan fingerprint density at radius 1 is 1.22 bits per heavy atom. The van der Waals surface area contributed by atoms with E-state index in [1.165, 1.54) is 0 Å². The topological polar surface area (TPSA) is 39.2 Å². The molecule has 1 rings (SSSR count). The largest absolute Gasteiger partial charge is 0.573 e. The quantitative estimate of drug-likeness (QED) is 0.339. The molecule has 0 aliphatic carbocycles. The van der Waals surface area contributed by atoms with Crippen LogP contribution in [0.15, 0.2) is 6.20 Å². The summed E-state index contributed by atoms with van der Waals surface area (Å²) < 4.78 is 76.5. The number of halogens is 7. The van der Waals surface area contributed by atoms with Crippen molar-refractivity contribution in [2.24, 2.45) is 0 Å². The van der Waals surface area contributed by atoms with Gasteiger partial charge < -0.3 is 4.74 Å². The SMILES string of the molecule is O=Cc1cnc(I)c(OC(F)(F)F)c1C(F)(F)F. The maximum absolute atomic E-state index is 12.6. The third kappa shape index (κ3) is 3.46. The van der Waals surface area contributed by atoms with Crippen LogP contribution in [0.1, 0.15) is 15.9 Å². The van der Waals surface area contributed by atoms with Crippen molar-refractivity contribution in [3.05, 3.63) is 21.0 Å². The molecule has 0 aromatic carbocycles. The van der Waals surface area contributed by atoms with Gasteiger partial charge in [0.05, 0.1) is 0 Å². The molecule has 18 heavy (non-hydrogen) atoms. The Hall–Kier alpha value is -1.07. The third-order valence-corrected chi connectivity index (χ3v) is 2.42. The van der Waals surface area contributed by atoms with Gasteiger partial charge in [-0.05, 0) is 22.6 Å². The molecule has 0 aliphatic rings. The average molecular weight is 385 g/mol. The van der Waals surface area contributed by atoms with Crippen LogP contribution in [-0.4, -0.2) is 17.6 Å². The highest BCUT2D eigenvalue weighted by Crippen LogP contribution is 2.41. The van der Waals surface area contributed by atoms with E-state index in [2.05, 4.69) is 9.72 Å². The van der Waals surface area contributed by atoms with Crippen molar-refractivity contribution in [3.8, 4) is 5.75 Å². The maximum atomic E-state index is 12.6. The molecule has 3 nitrogen and oxygen atoms in total. The second kappa shape index (κ2) is 4.90. The lowest BCUT2D eigenvalue weighted by Gasteiger charge is -2.17. The number of carbonyl (C=O) groups is 1. The van der Waals surface area contributed by atoms with E-state index >= 15 is 0 Å². The molecule has 1 heterocycles. The predicted octanol–water partition coefficient (Wildman–Crippen LogP) is 3.42. The van der Waals surface area contributed by atoms with Crippen molar-refractivity contribution in [2.75, 3.05) is 0 Å². The smallest absolute Gasteiger partial charge is 0.402 e. The number of nitrogens with zero attached hydrogens (tertiary/aromatic N) is 1. The summed E-state index contributed by atoms with van der Waals surface area (Å²) in [4.78, 5) is 13.7. The first-order chi connectivity index (χ1) is 8.06. The Bertz CT molecular complexity index is 470. The molecule has 10 heteroatoms. The molecule has 1 aromatic rings. The second-order valence-electron chi connectivity index (χ2n) is 2.87. The standard InChI is InChI=1S/C8H2F6INO2/c9-7(10,11)4-3(2-17)1-16-6(15)5(4)18-8(12,13)14/h1-2H. The molecule has 0 saturated heterocycles. The van der Waals surface area contributed by atoms with Crippen molar-refractivity contribution in [3.63, 3.8) is 0 Å². The highest BCUT2D eigenvalue weighted by atomic mass is 127. The molecule has 0 fully saturated rings. The van der Waals surface area contributed by atoms with Crippen LogP contribution in [0.2, 0.25) is 0 Å². The van der Waals surface area contributed by atoms with Gasteiger partial charge in [-0.1, -0.05) is 0 Å². The minimum Gasteiger partial charge on any atom is -0.402 e. The lowest BCUT2D eigenvalue weighted by Crippen LogP contribution is -2.22. The number of hydrogen-bond donors (Lipinski definition) is 0. The Labute approximate surface area is 109 Å². The van der Waals surface area contributed by atoms with Crippen LogP contribution in [0, 0.1) is 3.70 Å². The van der Waals surface area contributed by atoms with Crippen LogP contribution in [0.3, 0.4) is 0 Å². The summed E-state index contributed by atoms with van der Waals surface area (Å²) >= 11 is 1.15. The van der Waals surface area contributed by atoms with E-state index in [0.29, 0.717) is 6.20 Å². The molecule has 0 amide bonds. The summed E-state index contributed by atoms with van der Waals surface area (Å²) in [7, 11) is 0. The van der Waals surface area contributed by atoms with E-state index in [-0.39, 0.29) is 6.29 Å². The Balaban J connectivity index is 3.51. The zero-order valence-electron chi connectivity index (χ0n) is 8.06. The summed E-state index contributed by atoms with van der Waals surface area (Å²) in [6.45, 7) is 0. The van der Waals surface area contributed by atoms with Crippen molar-refractivity contribution in [2.45, 2.75) is 12.5 Å². The predicted molar refractivity (Wildman–Crippen MR) is 54.0 cm³/mol. The van der Waals surface area contributed by atoms with E-state index < -0.39 is 33.1 Å². The van der Waals surface area contributed by atoms with Gasteiger partial charge in [-0.2, -0.15) is 13.2 Å². The molecule has 1 aromatic heterocycles. The van der Waals surface area contributed by atoms with Crippen LogP contribution in [0.4, 0.5) is 26.3 Å². The second-order valence-corrected chi connectivity index (χ2v) is 3.89. The molecule has 100 valence electrons. The lowest BCUT2D eigenvalue weighted by molar-refractivity contribution is -0.276. The summed E-state index contributed by atoms with van der Waals surface area (Å²) in [6.07, 6.45) is -10.2. The van der Waals surface area contributed by atoms with Crippen molar-refractivity contribution in [1.82, 2.24) is 4.98 Å². The zero-order valence-corrected chi connectivity index (χ0v) is 10.2. The monoisotopic (exact) mass is 385 g/mol. The summed E-state index contributed by atoms with van der Waals surface area (Å²) in [5.41, 5.74) is -2.82. The van der Waals surface area contributed by atoms with Crippen molar-refractivity contribution >= 4 is 28.9 Å². The Morgan fingerprint density at radius 2 is 1.78 bits per heavy atom. The van der Waals surface area contributed by atoms with E-state index in [1.54, 1.807) is 0 Å². The van der Waals surface area contributed by atoms with Crippen LogP contribution in [-0.2, 0) is 6.18 Å². The molecule has 0 saturated carbocycles. The Morgan fingerprint density at radius 3 is 2.17 bits per heavy atom. The normalized spacial score (nSPS) is 12.4. The zero-order chi connectivity index (χ0) is 14.1. The van der Waals surface area contributed by atoms with Gasteiger partial charge in [-0.15, -0.1) is 13.2 Å². The number of rotatable bonds is 2. The molecule has 0 aliphatic heterocycles. The number of pyridine rings is 1. The first kappa shape index (κ1) is 15.0. The number of ether oxygens (including phenoxy) is 1. The summed E-state index contributed by atoms with van der Waals surface area (Å²) in [5.74, 6) is -1.53. The maximum Gasteiger partial charge on any atom is 0.573 e. The van der Waals surface area contributed by atoms with Gasteiger partial charge in [-0.3, -0.25) is 4.79 Å². The average Bonchev–Trinajstić information content (AvgIpc) is 2.17. The number of aldehydes is 1. The highest BCUT2D eigenvalue weighted by Gasteiger charge is 2.42. The van der Waals surface area contributed by atoms with Gasteiger partial charge >= 0.3 is 12.5 Å². The fourth-order valence-electron chi connectivity index (χ4n) is 1.07. The van der Waals surface area contributed by atoms with Gasteiger partial charge in [0, 0.05) is 11.8 Å². The highest BCUT2D eigenvalue weighted by molar-refractivity contribution is 14.1. The van der Waals surface area contributed by atoms with E-state index in [9.17, 15) is 31.1 Å². The minimum absolute atomic E-state index is 0.241. The first-order valence-corrected chi connectivity index (χ1v) is 5.10. The van der Waals surface area contributed by atoms with Crippen LogP contribution in [0.25, 0.3) is 0 Å². The van der Waals surface area contributed by atoms with Crippen LogP contribution < -0.4 is 4.74 Å². The summed E-state index contributed by atoms with van der Waals surface area (Å²) in [6, 6.07) is 0. The summed E-state index contributed by atoms with van der Waals surface area (Å²) in [5, 5.41) is 0. The Kier molecular flexibility index (Phi) is 4.08. The van der Waals surface area contributed by atoms with E-state index in [4.69, 9.17) is 0 Å². The number of hydrogen-bond acceptors (Lipinski definition) is 3. The lowest BCUT2D eigenvalue weighted by atomic mass is 10.1. The molecular weight excluding hydrogens is 383 g/mol. The van der Waals surface area contributed by atoms with Crippen LogP contribution >= 0.6 is 22.6 Å². The minimum atomic E-state index is -5.32. The number of carbonyl (C=O) groups excluding carboxylic acids is 1. The van der Waals surface area contributed by atoms with Gasteiger partial charge in [0.1, 0.15) is 9.26 Å². The molecule has 0 spiro atoms. The van der Waals surface area contributed by atoms with Crippen LogP contribution in [0.5, 0.6) is 5.75 Å². The van der Waals surface area contributed by atoms with Gasteiger partial charge in [0.25, 0.3) is 0 Å². The van der Waals surface area contributed by atoms with Crippen molar-refractivity contribution in [1.29, 1.82) is 0 Å². The molecule has 0 radical (unpaired) electrons. The molecule has 0 atom stereocenters. The number of alkyl halides is 6. The first-order valence-electron chi connectivity index (χ1n) is 4.03. The van der Waals surface area contributed by atoms with Crippen molar-refractivity contribution < 1.29 is 35.9 Å². The molecular formula is C8H2F6INO2. The van der Waals surface area contributed by atoms with E-state index in [1.807, 2.05) is 0 Å². The molecule has 0 bridgehead atoms. The van der Waals surface area contributed by atoms with Gasteiger partial charge in [-0.25, -0.2) is 4.98 Å². The molecule has 0 N–H and O–H groups in total. The van der Waals surface area contributed by atoms with E-state index in [0.717, 1.165) is 22.6 Å². The fraction of sp³-hybridized carbons (Fsp3) is 0.250. The third-order valence-electron chi connectivity index (χ3n) is 1.65. The fourth-order valence-corrected chi connectivity index (χ4v) is 1.59. The molecule has 0 unspecified atom stereocenters. The number of aromatic nitrogens is 1. The van der Waals surface area contributed by atoms with Gasteiger partial charge in [0.2, 0.25) is 0 Å².